The van der Waals surface area contributed by atoms with Gasteiger partial charge >= 0.3 is 0 Å². The van der Waals surface area contributed by atoms with E-state index in [1.54, 1.807) is 18.2 Å². The Hall–Kier alpha value is -2.67. The van der Waals surface area contributed by atoms with Gasteiger partial charge in [0.25, 0.3) is 10.0 Å². The van der Waals surface area contributed by atoms with E-state index >= 15 is 0 Å². The van der Waals surface area contributed by atoms with E-state index in [2.05, 4.69) is 16.6 Å². The first-order valence-corrected chi connectivity index (χ1v) is 8.98. The van der Waals surface area contributed by atoms with E-state index in [0.717, 1.165) is 6.42 Å². The highest BCUT2D eigenvalue weighted by Crippen LogP contribution is 2.28. The summed E-state index contributed by atoms with van der Waals surface area (Å²) in [5.74, 6) is -0.250. The van der Waals surface area contributed by atoms with Crippen molar-refractivity contribution < 1.29 is 13.2 Å². The maximum atomic E-state index is 12.2. The SMILES string of the molecule is CCc1ccc(NC(=O)CN2C=NS(=O)(=O)c3ccccc32)cc1. The fourth-order valence-electron chi connectivity index (χ4n) is 2.46. The maximum Gasteiger partial charge on any atom is 0.285 e. The van der Waals surface area contributed by atoms with Crippen LogP contribution in [0.2, 0.25) is 0 Å². The number of amides is 1. The highest BCUT2D eigenvalue weighted by Gasteiger charge is 2.25. The van der Waals surface area contributed by atoms with Crippen LogP contribution in [-0.4, -0.2) is 27.2 Å². The van der Waals surface area contributed by atoms with Crippen molar-refractivity contribution in [1.82, 2.24) is 0 Å². The van der Waals surface area contributed by atoms with Crippen LogP contribution in [0, 0.1) is 0 Å². The van der Waals surface area contributed by atoms with Gasteiger partial charge in [-0.25, -0.2) is 0 Å². The first kappa shape index (κ1) is 16.2. The monoisotopic (exact) mass is 343 g/mol. The van der Waals surface area contributed by atoms with E-state index in [4.69, 9.17) is 0 Å². The van der Waals surface area contributed by atoms with Crippen LogP contribution in [0.1, 0.15) is 12.5 Å². The summed E-state index contributed by atoms with van der Waals surface area (Å²) in [4.78, 5) is 13.9. The number of aryl methyl sites for hydroxylation is 1. The lowest BCUT2D eigenvalue weighted by molar-refractivity contribution is -0.114. The minimum Gasteiger partial charge on any atom is -0.325 e. The zero-order valence-electron chi connectivity index (χ0n) is 13.1. The van der Waals surface area contributed by atoms with Crippen LogP contribution in [0.3, 0.4) is 0 Å². The van der Waals surface area contributed by atoms with Gasteiger partial charge < -0.3 is 10.2 Å². The molecule has 7 heteroatoms. The lowest BCUT2D eigenvalue weighted by atomic mass is 10.1. The molecule has 124 valence electrons. The van der Waals surface area contributed by atoms with E-state index < -0.39 is 10.0 Å². The Morgan fingerprint density at radius 3 is 2.54 bits per heavy atom. The third-order valence-corrected chi connectivity index (χ3v) is 5.01. The van der Waals surface area contributed by atoms with Gasteiger partial charge in [-0.3, -0.25) is 4.79 Å². The van der Waals surface area contributed by atoms with Gasteiger partial charge in [0.15, 0.2) is 0 Å². The molecule has 1 N–H and O–H groups in total. The zero-order chi connectivity index (χ0) is 17.2. The van der Waals surface area contributed by atoms with Crippen LogP contribution < -0.4 is 10.2 Å². The quantitative estimate of drug-likeness (QED) is 0.925. The second-order valence-electron chi connectivity index (χ2n) is 5.39. The van der Waals surface area contributed by atoms with Crippen LogP contribution in [0.4, 0.5) is 11.4 Å². The molecule has 1 aliphatic heterocycles. The largest absolute Gasteiger partial charge is 0.325 e. The van der Waals surface area contributed by atoms with Gasteiger partial charge in [0.05, 0.1) is 5.69 Å². The molecule has 0 saturated heterocycles. The van der Waals surface area contributed by atoms with Gasteiger partial charge in [-0.05, 0) is 36.2 Å². The first-order chi connectivity index (χ1) is 11.5. The summed E-state index contributed by atoms with van der Waals surface area (Å²) in [6.45, 7) is 2.04. The van der Waals surface area contributed by atoms with Gasteiger partial charge in [-0.1, -0.05) is 31.2 Å². The summed E-state index contributed by atoms with van der Waals surface area (Å²) in [6, 6.07) is 14.1. The van der Waals surface area contributed by atoms with Gasteiger partial charge in [-0.15, -0.1) is 4.40 Å². The Labute approximate surface area is 140 Å². The molecular weight excluding hydrogens is 326 g/mol. The molecule has 0 spiro atoms. The zero-order valence-corrected chi connectivity index (χ0v) is 14.0. The number of anilines is 2. The van der Waals surface area contributed by atoms with Crippen molar-refractivity contribution in [3.63, 3.8) is 0 Å². The van der Waals surface area contributed by atoms with Crippen molar-refractivity contribution in [2.75, 3.05) is 16.8 Å². The van der Waals surface area contributed by atoms with Gasteiger partial charge in [0, 0.05) is 5.69 Å². The number of nitrogens with zero attached hydrogens (tertiary/aromatic N) is 2. The van der Waals surface area contributed by atoms with Crippen LogP contribution in [0.15, 0.2) is 57.8 Å². The molecule has 0 radical (unpaired) electrons. The number of carbonyl (C=O) groups is 1. The van der Waals surface area contributed by atoms with Crippen LogP contribution in [0.5, 0.6) is 0 Å². The van der Waals surface area contributed by atoms with Crippen molar-refractivity contribution in [1.29, 1.82) is 0 Å². The van der Waals surface area contributed by atoms with Crippen molar-refractivity contribution in [2.45, 2.75) is 18.2 Å². The summed E-state index contributed by atoms with van der Waals surface area (Å²) in [6.07, 6.45) is 2.11. The molecule has 0 unspecified atom stereocenters. The van der Waals surface area contributed by atoms with Crippen molar-refractivity contribution in [3.05, 3.63) is 54.1 Å². The smallest absolute Gasteiger partial charge is 0.285 e. The van der Waals surface area contributed by atoms with Gasteiger partial charge in [-0.2, -0.15) is 8.42 Å². The Balaban J connectivity index is 1.75. The van der Waals surface area contributed by atoms with E-state index in [-0.39, 0.29) is 17.3 Å². The molecule has 0 aliphatic carbocycles. The number of sulfonamides is 1. The predicted molar refractivity (Wildman–Crippen MR) is 93.9 cm³/mol. The third-order valence-electron chi connectivity index (χ3n) is 3.74. The summed E-state index contributed by atoms with van der Waals surface area (Å²) < 4.78 is 27.4. The first-order valence-electron chi connectivity index (χ1n) is 7.54. The molecule has 2 aromatic rings. The molecule has 0 bridgehead atoms. The predicted octanol–water partition coefficient (Wildman–Crippen LogP) is 2.42. The topological polar surface area (TPSA) is 78.8 Å². The molecule has 0 aromatic heterocycles. The minimum atomic E-state index is -3.68. The second-order valence-corrected chi connectivity index (χ2v) is 6.99. The van der Waals surface area contributed by atoms with E-state index in [1.807, 2.05) is 24.3 Å². The molecule has 3 rings (SSSR count). The van der Waals surface area contributed by atoms with E-state index in [0.29, 0.717) is 11.4 Å². The standard InChI is InChI=1S/C17H17N3O3S/c1-2-13-7-9-14(10-8-13)19-17(21)11-20-12-18-24(22,23)16-6-4-3-5-15(16)20/h3-10,12H,2,11H2,1H3,(H,19,21). The molecule has 0 saturated carbocycles. The number of hydrogen-bond donors (Lipinski definition) is 1. The second kappa shape index (κ2) is 6.45. The molecule has 0 fully saturated rings. The molecule has 1 aliphatic rings. The number of carbonyl (C=O) groups excluding carboxylic acids is 1. The molecule has 2 aromatic carbocycles. The summed E-state index contributed by atoms with van der Waals surface area (Å²) >= 11 is 0. The number of nitrogens with one attached hydrogen (secondary N) is 1. The third kappa shape index (κ3) is 3.30. The van der Waals surface area contributed by atoms with Crippen molar-refractivity contribution >= 4 is 33.6 Å². The average molecular weight is 343 g/mol. The Morgan fingerprint density at radius 2 is 1.83 bits per heavy atom. The lowest BCUT2D eigenvalue weighted by Crippen LogP contribution is -2.35. The molecule has 6 nitrogen and oxygen atoms in total. The molecular formula is C17H17N3O3S. The normalized spacial score (nSPS) is 15.0. The summed E-state index contributed by atoms with van der Waals surface area (Å²) in [5, 5.41) is 2.80. The van der Waals surface area contributed by atoms with Crippen molar-refractivity contribution in [3.8, 4) is 0 Å². The van der Waals surface area contributed by atoms with E-state index in [9.17, 15) is 13.2 Å². The Morgan fingerprint density at radius 1 is 1.12 bits per heavy atom. The molecule has 1 heterocycles. The number of fused-ring (bicyclic) bond motifs is 1. The fourth-order valence-corrected chi connectivity index (χ4v) is 3.51. The average Bonchev–Trinajstić information content (AvgIpc) is 2.58. The highest BCUT2D eigenvalue weighted by molar-refractivity contribution is 7.90. The van der Waals surface area contributed by atoms with Gasteiger partial charge in [0.1, 0.15) is 17.8 Å². The molecule has 1 amide bonds. The lowest BCUT2D eigenvalue weighted by Gasteiger charge is -2.24. The number of benzene rings is 2. The Kier molecular flexibility index (Phi) is 4.35. The fraction of sp³-hybridized carbons (Fsp3) is 0.176. The number of para-hydroxylation sites is 1. The molecule has 0 atom stereocenters. The minimum absolute atomic E-state index is 0.0223. The van der Waals surface area contributed by atoms with Gasteiger partial charge in [0.2, 0.25) is 5.91 Å². The van der Waals surface area contributed by atoms with E-state index in [1.165, 1.54) is 22.9 Å². The molecule has 24 heavy (non-hydrogen) atoms. The van der Waals surface area contributed by atoms with Crippen LogP contribution in [-0.2, 0) is 21.2 Å². The van der Waals surface area contributed by atoms with Crippen molar-refractivity contribution in [2.24, 2.45) is 4.40 Å². The summed E-state index contributed by atoms with van der Waals surface area (Å²) in [5.41, 5.74) is 2.34. The van der Waals surface area contributed by atoms with Crippen LogP contribution in [0.25, 0.3) is 0 Å². The highest BCUT2D eigenvalue weighted by atomic mass is 32.2. The van der Waals surface area contributed by atoms with Crippen LogP contribution >= 0.6 is 0 Å². The summed E-state index contributed by atoms with van der Waals surface area (Å²) in [7, 11) is -3.68. The number of rotatable bonds is 4. The number of hydrogen-bond acceptors (Lipinski definition) is 4. The maximum absolute atomic E-state index is 12.2. The Bertz CT molecular complexity index is 890.